The summed E-state index contributed by atoms with van der Waals surface area (Å²) in [6, 6.07) is 18.0. The molecule has 2 N–H and O–H groups in total. The number of likely N-dealkylation sites (N-methyl/N-ethyl adjacent to an activating group) is 1. The van der Waals surface area contributed by atoms with Crippen molar-refractivity contribution >= 4 is 23.3 Å². The summed E-state index contributed by atoms with van der Waals surface area (Å²) in [6.07, 6.45) is 1.48. The molecular weight excluding hydrogens is 324 g/mol. The van der Waals surface area contributed by atoms with E-state index in [1.807, 2.05) is 49.6 Å². The Kier molecular flexibility index (Phi) is 6.26. The second-order valence-electron chi connectivity index (χ2n) is 5.63. The van der Waals surface area contributed by atoms with Crippen LogP contribution in [0.1, 0.15) is 11.6 Å². The van der Waals surface area contributed by atoms with E-state index in [1.165, 1.54) is 0 Å². The molecule has 3 aromatic rings. The van der Waals surface area contributed by atoms with Gasteiger partial charge in [-0.25, -0.2) is 0 Å². The number of nitrogens with zero attached hydrogens (tertiary/aromatic N) is 1. The zero-order valence-electron chi connectivity index (χ0n) is 13.8. The number of halogens is 1. The number of fused-ring (bicyclic) bond motifs is 1. The van der Waals surface area contributed by atoms with Crippen LogP contribution in [0.2, 0.25) is 0 Å². The van der Waals surface area contributed by atoms with Crippen LogP contribution in [0.3, 0.4) is 0 Å². The van der Waals surface area contributed by atoms with Gasteiger partial charge in [0.05, 0.1) is 19.3 Å². The number of methoxy groups -OCH3 is 1. The molecule has 0 bridgehead atoms. The van der Waals surface area contributed by atoms with Crippen LogP contribution in [0, 0.1) is 0 Å². The van der Waals surface area contributed by atoms with Gasteiger partial charge in [0.1, 0.15) is 5.75 Å². The SMILES string of the molecule is CNC[C@@H](O)[C@H](c1cccc(OC)c1)n1ccc2ccccc21.Cl. The molecule has 0 saturated carbocycles. The Balaban J connectivity index is 0.00000208. The molecular formula is C19H23ClN2O2. The average molecular weight is 347 g/mol. The summed E-state index contributed by atoms with van der Waals surface area (Å²) in [4.78, 5) is 0. The van der Waals surface area contributed by atoms with Crippen molar-refractivity contribution in [3.63, 3.8) is 0 Å². The number of hydrogen-bond acceptors (Lipinski definition) is 3. The Morgan fingerprint density at radius 3 is 2.67 bits per heavy atom. The minimum Gasteiger partial charge on any atom is -0.497 e. The highest BCUT2D eigenvalue weighted by molar-refractivity contribution is 5.85. The maximum Gasteiger partial charge on any atom is 0.119 e. The fourth-order valence-corrected chi connectivity index (χ4v) is 3.06. The summed E-state index contributed by atoms with van der Waals surface area (Å²) in [5.74, 6) is 0.792. The number of aromatic nitrogens is 1. The van der Waals surface area contributed by atoms with Crippen LogP contribution in [0.15, 0.2) is 60.8 Å². The molecule has 0 aliphatic rings. The van der Waals surface area contributed by atoms with Crippen LogP contribution >= 0.6 is 12.4 Å². The van der Waals surface area contributed by atoms with E-state index in [1.54, 1.807) is 7.11 Å². The molecule has 24 heavy (non-hydrogen) atoms. The maximum absolute atomic E-state index is 10.7. The van der Waals surface area contributed by atoms with Crippen LogP contribution in [0.25, 0.3) is 10.9 Å². The first kappa shape index (κ1) is 18.3. The first-order valence-corrected chi connectivity index (χ1v) is 7.77. The summed E-state index contributed by atoms with van der Waals surface area (Å²) in [5.41, 5.74) is 2.13. The monoisotopic (exact) mass is 346 g/mol. The minimum atomic E-state index is -0.553. The second-order valence-corrected chi connectivity index (χ2v) is 5.63. The smallest absolute Gasteiger partial charge is 0.119 e. The van der Waals surface area contributed by atoms with Gasteiger partial charge in [-0.05, 0) is 42.3 Å². The average Bonchev–Trinajstić information content (AvgIpc) is 3.00. The highest BCUT2D eigenvalue weighted by atomic mass is 35.5. The number of aliphatic hydroxyl groups excluding tert-OH is 1. The van der Waals surface area contributed by atoms with Gasteiger partial charge in [0.25, 0.3) is 0 Å². The third-order valence-corrected chi connectivity index (χ3v) is 4.14. The van der Waals surface area contributed by atoms with E-state index >= 15 is 0 Å². The van der Waals surface area contributed by atoms with E-state index < -0.39 is 6.10 Å². The summed E-state index contributed by atoms with van der Waals surface area (Å²) < 4.78 is 7.47. The second kappa shape index (κ2) is 8.20. The number of benzene rings is 2. The molecule has 1 heterocycles. The van der Waals surface area contributed by atoms with Gasteiger partial charge in [-0.15, -0.1) is 12.4 Å². The topological polar surface area (TPSA) is 46.4 Å². The van der Waals surface area contributed by atoms with Gasteiger partial charge in [0, 0.05) is 18.3 Å². The van der Waals surface area contributed by atoms with Gasteiger partial charge in [-0.1, -0.05) is 30.3 Å². The Morgan fingerprint density at radius 2 is 1.92 bits per heavy atom. The van der Waals surface area contributed by atoms with E-state index in [2.05, 4.69) is 28.1 Å². The molecule has 2 aromatic carbocycles. The van der Waals surface area contributed by atoms with Crippen molar-refractivity contribution in [2.45, 2.75) is 12.1 Å². The van der Waals surface area contributed by atoms with Crippen molar-refractivity contribution in [3.05, 3.63) is 66.4 Å². The maximum atomic E-state index is 10.7. The van der Waals surface area contributed by atoms with E-state index in [0.29, 0.717) is 6.54 Å². The van der Waals surface area contributed by atoms with Gasteiger partial charge in [-0.2, -0.15) is 0 Å². The lowest BCUT2D eigenvalue weighted by Crippen LogP contribution is -2.33. The van der Waals surface area contributed by atoms with Crippen LogP contribution in [0.4, 0.5) is 0 Å². The Labute approximate surface area is 148 Å². The lowest BCUT2D eigenvalue weighted by Gasteiger charge is -2.26. The van der Waals surface area contributed by atoms with Crippen LogP contribution in [0.5, 0.6) is 5.75 Å². The van der Waals surface area contributed by atoms with E-state index in [0.717, 1.165) is 22.2 Å². The molecule has 3 rings (SSSR count). The molecule has 5 heteroatoms. The third kappa shape index (κ3) is 3.56. The largest absolute Gasteiger partial charge is 0.497 e. The Bertz CT molecular complexity index is 788. The lowest BCUT2D eigenvalue weighted by atomic mass is 10.00. The minimum absolute atomic E-state index is 0. The van der Waals surface area contributed by atoms with E-state index in [4.69, 9.17) is 4.74 Å². The lowest BCUT2D eigenvalue weighted by molar-refractivity contribution is 0.132. The number of hydrogen-bond donors (Lipinski definition) is 2. The molecule has 0 unspecified atom stereocenters. The zero-order chi connectivity index (χ0) is 16.2. The number of para-hydroxylation sites is 1. The summed E-state index contributed by atoms with van der Waals surface area (Å²) in [6.45, 7) is 0.508. The molecule has 4 nitrogen and oxygen atoms in total. The normalized spacial score (nSPS) is 13.3. The molecule has 2 atom stereocenters. The summed E-state index contributed by atoms with van der Waals surface area (Å²) in [5, 5.41) is 15.0. The molecule has 0 saturated heterocycles. The number of ether oxygens (including phenoxy) is 1. The van der Waals surface area contributed by atoms with Crippen LogP contribution < -0.4 is 10.1 Å². The highest BCUT2D eigenvalue weighted by Crippen LogP contribution is 2.29. The third-order valence-electron chi connectivity index (χ3n) is 4.14. The molecule has 1 aromatic heterocycles. The summed E-state index contributed by atoms with van der Waals surface area (Å²) >= 11 is 0. The molecule has 0 aliphatic heterocycles. The van der Waals surface area contributed by atoms with Gasteiger partial charge in [-0.3, -0.25) is 0 Å². The van der Waals surface area contributed by atoms with Gasteiger partial charge in [0.2, 0.25) is 0 Å². The highest BCUT2D eigenvalue weighted by Gasteiger charge is 2.24. The molecule has 0 spiro atoms. The predicted octanol–water partition coefficient (Wildman–Crippen LogP) is 3.24. The van der Waals surface area contributed by atoms with Crippen molar-refractivity contribution < 1.29 is 9.84 Å². The standard InChI is InChI=1S/C19H22N2O2.ClH/c1-20-13-18(22)19(15-7-5-8-16(12-15)23-2)21-11-10-14-6-3-4-9-17(14)21;/h3-12,18-20,22H,13H2,1-2H3;1H/t18-,19+;/m1./s1. The molecule has 0 fully saturated rings. The summed E-state index contributed by atoms with van der Waals surface area (Å²) in [7, 11) is 3.50. The van der Waals surface area contributed by atoms with E-state index in [-0.39, 0.29) is 18.4 Å². The van der Waals surface area contributed by atoms with Gasteiger partial charge in [0.15, 0.2) is 0 Å². The van der Waals surface area contributed by atoms with Gasteiger partial charge < -0.3 is 19.7 Å². The van der Waals surface area contributed by atoms with Crippen LogP contribution in [-0.4, -0.2) is 36.5 Å². The van der Waals surface area contributed by atoms with Crippen molar-refractivity contribution in [2.24, 2.45) is 0 Å². The molecule has 0 amide bonds. The van der Waals surface area contributed by atoms with Crippen molar-refractivity contribution in [3.8, 4) is 5.75 Å². The number of aliphatic hydroxyl groups is 1. The fourth-order valence-electron chi connectivity index (χ4n) is 3.06. The number of nitrogens with one attached hydrogen (secondary N) is 1. The fraction of sp³-hybridized carbons (Fsp3) is 0.263. The zero-order valence-corrected chi connectivity index (χ0v) is 14.7. The van der Waals surface area contributed by atoms with Crippen molar-refractivity contribution in [1.82, 2.24) is 9.88 Å². The Morgan fingerprint density at radius 1 is 1.12 bits per heavy atom. The van der Waals surface area contributed by atoms with E-state index in [9.17, 15) is 5.11 Å². The number of rotatable bonds is 6. The first-order chi connectivity index (χ1) is 11.2. The Hall–Kier alpha value is -2.01. The quantitative estimate of drug-likeness (QED) is 0.720. The molecule has 0 radical (unpaired) electrons. The van der Waals surface area contributed by atoms with Crippen LogP contribution in [-0.2, 0) is 0 Å². The molecule has 0 aliphatic carbocycles. The van der Waals surface area contributed by atoms with Gasteiger partial charge >= 0.3 is 0 Å². The predicted molar refractivity (Wildman–Crippen MR) is 100 cm³/mol. The molecule has 128 valence electrons. The first-order valence-electron chi connectivity index (χ1n) is 7.77. The van der Waals surface area contributed by atoms with Crippen molar-refractivity contribution in [2.75, 3.05) is 20.7 Å². The van der Waals surface area contributed by atoms with Crippen molar-refractivity contribution in [1.29, 1.82) is 0 Å².